The van der Waals surface area contributed by atoms with E-state index in [1.807, 2.05) is 6.92 Å². The second-order valence-corrected chi connectivity index (χ2v) is 6.75. The fraction of sp³-hybridized carbons (Fsp3) is 0.250. The number of fused-ring (bicyclic) bond motifs is 1. The molecule has 0 bridgehead atoms. The zero-order chi connectivity index (χ0) is 19.7. The van der Waals surface area contributed by atoms with Gasteiger partial charge in [-0.25, -0.2) is 14.4 Å². The van der Waals surface area contributed by atoms with Gasteiger partial charge in [0.05, 0.1) is 30.6 Å². The van der Waals surface area contributed by atoms with Crippen LogP contribution in [0.4, 0.5) is 4.39 Å². The molecule has 3 aromatic rings. The fourth-order valence-corrected chi connectivity index (χ4v) is 3.22. The number of halogens is 1. The van der Waals surface area contributed by atoms with E-state index in [0.717, 1.165) is 5.69 Å². The number of amides is 1. The number of aryl methyl sites for hydroxylation is 1. The van der Waals surface area contributed by atoms with Gasteiger partial charge in [0, 0.05) is 18.3 Å². The number of H-pyrrole nitrogens is 1. The molecule has 4 rings (SSSR count). The molecule has 0 saturated heterocycles. The smallest absolute Gasteiger partial charge is 0.254 e. The van der Waals surface area contributed by atoms with Gasteiger partial charge in [0.2, 0.25) is 5.91 Å². The van der Waals surface area contributed by atoms with Gasteiger partial charge in [-0.05, 0) is 31.0 Å². The summed E-state index contributed by atoms with van der Waals surface area (Å²) in [5.41, 5.74) is 2.76. The SMILES string of the molecule is Cc1cnc(-c2nc3c(c(=O)[nH]2)CCN(C(=O)Cc2cccc(F)c2)C3)cn1. The van der Waals surface area contributed by atoms with Crippen LogP contribution < -0.4 is 5.56 Å². The van der Waals surface area contributed by atoms with Crippen LogP contribution in [-0.4, -0.2) is 37.3 Å². The standard InChI is InChI=1S/C20H18FN5O2/c1-12-9-23-16(10-22-12)19-24-17-11-26(6-5-15(17)20(28)25-19)18(27)8-13-3-2-4-14(21)7-13/h2-4,7,9-10H,5-6,8,11H2,1H3,(H,24,25,28). The van der Waals surface area contributed by atoms with Gasteiger partial charge in [-0.3, -0.25) is 14.6 Å². The van der Waals surface area contributed by atoms with E-state index in [-0.39, 0.29) is 30.2 Å². The van der Waals surface area contributed by atoms with Crippen LogP contribution in [0.15, 0.2) is 41.5 Å². The third-order valence-electron chi connectivity index (χ3n) is 4.69. The molecular formula is C20H18FN5O2. The number of carbonyl (C=O) groups excluding carboxylic acids is 1. The summed E-state index contributed by atoms with van der Waals surface area (Å²) in [6, 6.07) is 6.00. The Morgan fingerprint density at radius 3 is 2.89 bits per heavy atom. The van der Waals surface area contributed by atoms with E-state index in [9.17, 15) is 14.0 Å². The number of hydrogen-bond donors (Lipinski definition) is 1. The highest BCUT2D eigenvalue weighted by Gasteiger charge is 2.25. The summed E-state index contributed by atoms with van der Waals surface area (Å²) in [4.78, 5) is 42.4. The zero-order valence-corrected chi connectivity index (χ0v) is 15.3. The Balaban J connectivity index is 1.57. The van der Waals surface area contributed by atoms with E-state index in [4.69, 9.17) is 0 Å². The maximum absolute atomic E-state index is 13.3. The lowest BCUT2D eigenvalue weighted by molar-refractivity contribution is -0.131. The molecule has 1 aliphatic rings. The van der Waals surface area contributed by atoms with Crippen molar-refractivity contribution >= 4 is 5.91 Å². The highest BCUT2D eigenvalue weighted by atomic mass is 19.1. The number of hydrogen-bond acceptors (Lipinski definition) is 5. The van der Waals surface area contributed by atoms with Gasteiger partial charge >= 0.3 is 0 Å². The molecule has 142 valence electrons. The lowest BCUT2D eigenvalue weighted by Gasteiger charge is -2.28. The third-order valence-corrected chi connectivity index (χ3v) is 4.69. The first kappa shape index (κ1) is 18.0. The Bertz CT molecular complexity index is 1090. The molecule has 0 unspecified atom stereocenters. The summed E-state index contributed by atoms with van der Waals surface area (Å²) in [6.07, 6.45) is 3.68. The van der Waals surface area contributed by atoms with Gasteiger partial charge in [0.15, 0.2) is 5.82 Å². The maximum atomic E-state index is 13.3. The number of aromatic amines is 1. The lowest BCUT2D eigenvalue weighted by atomic mass is 10.0. The third kappa shape index (κ3) is 3.66. The maximum Gasteiger partial charge on any atom is 0.254 e. The highest BCUT2D eigenvalue weighted by molar-refractivity contribution is 5.79. The Morgan fingerprint density at radius 2 is 2.14 bits per heavy atom. The van der Waals surface area contributed by atoms with Crippen LogP contribution in [0.5, 0.6) is 0 Å². The molecule has 1 N–H and O–H groups in total. The molecule has 0 radical (unpaired) electrons. The average Bonchev–Trinajstić information content (AvgIpc) is 2.68. The quantitative estimate of drug-likeness (QED) is 0.749. The molecule has 3 heterocycles. The van der Waals surface area contributed by atoms with E-state index in [0.29, 0.717) is 41.3 Å². The monoisotopic (exact) mass is 379 g/mol. The molecule has 0 atom stereocenters. The summed E-state index contributed by atoms with van der Waals surface area (Å²) in [5, 5.41) is 0. The molecule has 8 heteroatoms. The number of carbonyl (C=O) groups is 1. The highest BCUT2D eigenvalue weighted by Crippen LogP contribution is 2.18. The predicted molar refractivity (Wildman–Crippen MR) is 99.8 cm³/mol. The number of nitrogens with zero attached hydrogens (tertiary/aromatic N) is 4. The van der Waals surface area contributed by atoms with Crippen LogP contribution in [0.25, 0.3) is 11.5 Å². The van der Waals surface area contributed by atoms with Gasteiger partial charge in [-0.15, -0.1) is 0 Å². The minimum Gasteiger partial charge on any atom is -0.336 e. The second-order valence-electron chi connectivity index (χ2n) is 6.75. The molecule has 1 aliphatic heterocycles. The molecule has 2 aromatic heterocycles. The van der Waals surface area contributed by atoms with Gasteiger partial charge in [0.25, 0.3) is 5.56 Å². The molecule has 1 amide bonds. The molecule has 0 aliphatic carbocycles. The molecule has 1 aromatic carbocycles. The molecule has 7 nitrogen and oxygen atoms in total. The molecule has 28 heavy (non-hydrogen) atoms. The first-order valence-corrected chi connectivity index (χ1v) is 8.93. The van der Waals surface area contributed by atoms with E-state index in [2.05, 4.69) is 19.9 Å². The van der Waals surface area contributed by atoms with Crippen molar-refractivity contribution in [3.63, 3.8) is 0 Å². The van der Waals surface area contributed by atoms with Crippen molar-refractivity contribution in [2.45, 2.75) is 26.3 Å². The van der Waals surface area contributed by atoms with Crippen LogP contribution in [0.2, 0.25) is 0 Å². The first-order valence-electron chi connectivity index (χ1n) is 8.93. The minimum absolute atomic E-state index is 0.104. The van der Waals surface area contributed by atoms with Crippen molar-refractivity contribution in [3.05, 3.63) is 75.3 Å². The second kappa shape index (κ2) is 7.30. The largest absolute Gasteiger partial charge is 0.336 e. The van der Waals surface area contributed by atoms with Crippen molar-refractivity contribution < 1.29 is 9.18 Å². The van der Waals surface area contributed by atoms with Gasteiger partial charge in [0.1, 0.15) is 11.5 Å². The fourth-order valence-electron chi connectivity index (χ4n) is 3.22. The molecular weight excluding hydrogens is 361 g/mol. The van der Waals surface area contributed by atoms with E-state index < -0.39 is 0 Å². The van der Waals surface area contributed by atoms with Crippen LogP contribution in [0.3, 0.4) is 0 Å². The summed E-state index contributed by atoms with van der Waals surface area (Å²) in [7, 11) is 0. The van der Waals surface area contributed by atoms with Crippen molar-refractivity contribution in [1.82, 2.24) is 24.8 Å². The van der Waals surface area contributed by atoms with Crippen molar-refractivity contribution in [2.75, 3.05) is 6.54 Å². The van der Waals surface area contributed by atoms with Crippen LogP contribution in [0, 0.1) is 12.7 Å². The van der Waals surface area contributed by atoms with Crippen molar-refractivity contribution in [3.8, 4) is 11.5 Å². The lowest BCUT2D eigenvalue weighted by Crippen LogP contribution is -2.40. The molecule has 0 fully saturated rings. The Morgan fingerprint density at radius 1 is 1.29 bits per heavy atom. The molecule has 0 saturated carbocycles. The Kier molecular flexibility index (Phi) is 4.68. The first-order chi connectivity index (χ1) is 13.5. The normalized spacial score (nSPS) is 13.3. The van der Waals surface area contributed by atoms with Crippen LogP contribution in [0.1, 0.15) is 22.5 Å². The van der Waals surface area contributed by atoms with E-state index in [1.54, 1.807) is 29.4 Å². The van der Waals surface area contributed by atoms with Crippen LogP contribution in [-0.2, 0) is 24.2 Å². The summed E-state index contributed by atoms with van der Waals surface area (Å²) in [5.74, 6) is -0.169. The van der Waals surface area contributed by atoms with Crippen molar-refractivity contribution in [1.29, 1.82) is 0 Å². The van der Waals surface area contributed by atoms with Gasteiger partial charge < -0.3 is 9.88 Å². The number of benzene rings is 1. The van der Waals surface area contributed by atoms with E-state index >= 15 is 0 Å². The van der Waals surface area contributed by atoms with Gasteiger partial charge in [-0.2, -0.15) is 0 Å². The summed E-state index contributed by atoms with van der Waals surface area (Å²) in [6.45, 7) is 2.48. The molecule has 0 spiro atoms. The average molecular weight is 379 g/mol. The van der Waals surface area contributed by atoms with Crippen LogP contribution >= 0.6 is 0 Å². The minimum atomic E-state index is -0.369. The number of nitrogens with one attached hydrogen (secondary N) is 1. The number of rotatable bonds is 3. The number of aromatic nitrogens is 4. The zero-order valence-electron chi connectivity index (χ0n) is 15.3. The van der Waals surface area contributed by atoms with Gasteiger partial charge in [-0.1, -0.05) is 12.1 Å². The van der Waals surface area contributed by atoms with E-state index in [1.165, 1.54) is 12.1 Å². The summed E-state index contributed by atoms with van der Waals surface area (Å²) >= 11 is 0. The Hall–Kier alpha value is -3.42. The topological polar surface area (TPSA) is 91.8 Å². The van der Waals surface area contributed by atoms with Crippen molar-refractivity contribution in [2.24, 2.45) is 0 Å². The Labute approximate surface area is 160 Å². The predicted octanol–water partition coefficient (Wildman–Crippen LogP) is 1.80. The summed E-state index contributed by atoms with van der Waals surface area (Å²) < 4.78 is 13.3.